The van der Waals surface area contributed by atoms with Crippen molar-refractivity contribution in [1.82, 2.24) is 10.3 Å². The molecule has 0 spiro atoms. The summed E-state index contributed by atoms with van der Waals surface area (Å²) in [4.78, 5) is 16.5. The molecule has 0 aliphatic rings. The summed E-state index contributed by atoms with van der Waals surface area (Å²) in [5, 5.41) is 3.16. The molecule has 0 unspecified atom stereocenters. The van der Waals surface area contributed by atoms with Crippen LogP contribution in [0.2, 0.25) is 0 Å². The maximum absolute atomic E-state index is 12.5. The quantitative estimate of drug-likeness (QED) is 0.689. The third-order valence-electron chi connectivity index (χ3n) is 4.23. The van der Waals surface area contributed by atoms with Crippen LogP contribution in [0.25, 0.3) is 0 Å². The molecule has 0 radical (unpaired) electrons. The van der Waals surface area contributed by atoms with E-state index in [4.69, 9.17) is 0 Å². The number of pyridine rings is 1. The highest BCUT2D eigenvalue weighted by Crippen LogP contribution is 2.20. The highest BCUT2D eigenvalue weighted by atomic mass is 16.1. The third-order valence-corrected chi connectivity index (χ3v) is 4.23. The SMILES string of the molecule is O=C(N[C@H](CCCc1ccccc1)c1ccccc1)c1cccnc1. The molecule has 1 aromatic heterocycles. The molecule has 3 rings (SSSR count). The Kier molecular flexibility index (Phi) is 5.94. The summed E-state index contributed by atoms with van der Waals surface area (Å²) in [7, 11) is 0. The minimum Gasteiger partial charge on any atom is -0.345 e. The van der Waals surface area contributed by atoms with Gasteiger partial charge in [0, 0.05) is 12.4 Å². The monoisotopic (exact) mass is 330 g/mol. The molecule has 0 saturated heterocycles. The Labute approximate surface area is 148 Å². The van der Waals surface area contributed by atoms with E-state index in [1.807, 2.05) is 24.3 Å². The maximum atomic E-state index is 12.5. The lowest BCUT2D eigenvalue weighted by molar-refractivity contribution is 0.0934. The van der Waals surface area contributed by atoms with Gasteiger partial charge in [0.15, 0.2) is 0 Å². The van der Waals surface area contributed by atoms with Gasteiger partial charge >= 0.3 is 0 Å². The Morgan fingerprint density at radius 1 is 0.920 bits per heavy atom. The summed E-state index contributed by atoms with van der Waals surface area (Å²) < 4.78 is 0. The second-order valence-corrected chi connectivity index (χ2v) is 6.06. The van der Waals surface area contributed by atoms with Gasteiger partial charge in [-0.25, -0.2) is 0 Å². The van der Waals surface area contributed by atoms with Gasteiger partial charge in [-0.05, 0) is 42.5 Å². The number of hydrogen-bond acceptors (Lipinski definition) is 2. The molecule has 126 valence electrons. The Bertz CT molecular complexity index is 773. The van der Waals surface area contributed by atoms with Gasteiger partial charge in [0.2, 0.25) is 0 Å². The number of benzene rings is 2. The summed E-state index contributed by atoms with van der Waals surface area (Å²) in [5.41, 5.74) is 3.05. The van der Waals surface area contributed by atoms with E-state index < -0.39 is 0 Å². The molecule has 1 atom stereocenters. The number of carbonyl (C=O) groups excluding carboxylic acids is 1. The van der Waals surface area contributed by atoms with Crippen LogP contribution in [0.15, 0.2) is 85.2 Å². The van der Waals surface area contributed by atoms with Gasteiger partial charge in [-0.1, -0.05) is 60.7 Å². The fourth-order valence-electron chi connectivity index (χ4n) is 2.90. The van der Waals surface area contributed by atoms with E-state index in [0.29, 0.717) is 5.56 Å². The summed E-state index contributed by atoms with van der Waals surface area (Å²) in [6.07, 6.45) is 6.18. The number of nitrogens with zero attached hydrogens (tertiary/aromatic N) is 1. The molecule has 0 bridgehead atoms. The highest BCUT2D eigenvalue weighted by molar-refractivity contribution is 5.94. The number of aromatic nitrogens is 1. The minimum atomic E-state index is -0.0818. The van der Waals surface area contributed by atoms with Crippen molar-refractivity contribution in [2.24, 2.45) is 0 Å². The molecule has 1 heterocycles. The van der Waals surface area contributed by atoms with Crippen LogP contribution in [-0.4, -0.2) is 10.9 Å². The van der Waals surface area contributed by atoms with Crippen molar-refractivity contribution in [3.63, 3.8) is 0 Å². The van der Waals surface area contributed by atoms with Gasteiger partial charge in [0.25, 0.3) is 5.91 Å². The van der Waals surface area contributed by atoms with Crippen molar-refractivity contribution in [3.8, 4) is 0 Å². The number of amides is 1. The number of aryl methyl sites for hydroxylation is 1. The highest BCUT2D eigenvalue weighted by Gasteiger charge is 2.15. The zero-order valence-corrected chi connectivity index (χ0v) is 14.1. The van der Waals surface area contributed by atoms with E-state index in [2.05, 4.69) is 46.7 Å². The van der Waals surface area contributed by atoms with Gasteiger partial charge < -0.3 is 5.32 Å². The van der Waals surface area contributed by atoms with Gasteiger partial charge in [-0.3, -0.25) is 9.78 Å². The van der Waals surface area contributed by atoms with E-state index in [0.717, 1.165) is 24.8 Å². The Morgan fingerprint density at radius 2 is 1.64 bits per heavy atom. The average Bonchev–Trinajstić information content (AvgIpc) is 2.69. The van der Waals surface area contributed by atoms with Crippen LogP contribution in [0.1, 0.15) is 40.4 Å². The molecular weight excluding hydrogens is 308 g/mol. The molecule has 2 aromatic carbocycles. The zero-order valence-electron chi connectivity index (χ0n) is 14.1. The number of rotatable bonds is 7. The second-order valence-electron chi connectivity index (χ2n) is 6.06. The fourth-order valence-corrected chi connectivity index (χ4v) is 2.90. The summed E-state index contributed by atoms with van der Waals surface area (Å²) in [6.45, 7) is 0. The smallest absolute Gasteiger partial charge is 0.253 e. The van der Waals surface area contributed by atoms with Crippen LogP contribution in [-0.2, 0) is 6.42 Å². The van der Waals surface area contributed by atoms with E-state index in [1.54, 1.807) is 24.5 Å². The standard InChI is InChI=1S/C22H22N2O/c25-22(20-14-8-16-23-17-20)24-21(19-12-5-2-6-13-19)15-7-11-18-9-3-1-4-10-18/h1-6,8-10,12-14,16-17,21H,7,11,15H2,(H,24,25)/t21-/m1/s1. The summed E-state index contributed by atoms with van der Waals surface area (Å²) >= 11 is 0. The van der Waals surface area contributed by atoms with Crippen molar-refractivity contribution in [1.29, 1.82) is 0 Å². The van der Waals surface area contributed by atoms with E-state index >= 15 is 0 Å². The Morgan fingerprint density at radius 3 is 2.32 bits per heavy atom. The lowest BCUT2D eigenvalue weighted by atomic mass is 9.98. The molecule has 3 heteroatoms. The average molecular weight is 330 g/mol. The Balaban J connectivity index is 1.66. The van der Waals surface area contributed by atoms with Crippen molar-refractivity contribution in [3.05, 3.63) is 102 Å². The van der Waals surface area contributed by atoms with E-state index in [1.165, 1.54) is 5.56 Å². The van der Waals surface area contributed by atoms with Crippen LogP contribution in [0.3, 0.4) is 0 Å². The Hall–Kier alpha value is -2.94. The van der Waals surface area contributed by atoms with Gasteiger partial charge in [-0.15, -0.1) is 0 Å². The van der Waals surface area contributed by atoms with E-state index in [9.17, 15) is 4.79 Å². The van der Waals surface area contributed by atoms with Gasteiger partial charge in [0.1, 0.15) is 0 Å². The van der Waals surface area contributed by atoms with Crippen molar-refractivity contribution >= 4 is 5.91 Å². The van der Waals surface area contributed by atoms with Crippen molar-refractivity contribution in [2.75, 3.05) is 0 Å². The molecule has 1 amide bonds. The topological polar surface area (TPSA) is 42.0 Å². The first-order chi connectivity index (χ1) is 12.3. The minimum absolute atomic E-state index is 0.00221. The number of carbonyl (C=O) groups is 1. The molecule has 0 aliphatic heterocycles. The summed E-state index contributed by atoms with van der Waals surface area (Å²) in [5.74, 6) is -0.0818. The third kappa shape index (κ3) is 5.01. The van der Waals surface area contributed by atoms with Crippen LogP contribution in [0.4, 0.5) is 0 Å². The first-order valence-electron chi connectivity index (χ1n) is 8.63. The largest absolute Gasteiger partial charge is 0.345 e. The summed E-state index contributed by atoms with van der Waals surface area (Å²) in [6, 6.07) is 24.2. The lowest BCUT2D eigenvalue weighted by Crippen LogP contribution is -2.28. The van der Waals surface area contributed by atoms with Crippen LogP contribution >= 0.6 is 0 Å². The molecule has 3 aromatic rings. The van der Waals surface area contributed by atoms with Crippen LogP contribution in [0.5, 0.6) is 0 Å². The van der Waals surface area contributed by atoms with E-state index in [-0.39, 0.29) is 11.9 Å². The van der Waals surface area contributed by atoms with Gasteiger partial charge in [0.05, 0.1) is 11.6 Å². The maximum Gasteiger partial charge on any atom is 0.253 e. The molecule has 0 aliphatic carbocycles. The van der Waals surface area contributed by atoms with Crippen LogP contribution in [0, 0.1) is 0 Å². The first kappa shape index (κ1) is 16.9. The molecule has 0 saturated carbocycles. The first-order valence-corrected chi connectivity index (χ1v) is 8.63. The predicted molar refractivity (Wildman–Crippen MR) is 100 cm³/mol. The second kappa shape index (κ2) is 8.78. The van der Waals surface area contributed by atoms with Crippen molar-refractivity contribution in [2.45, 2.75) is 25.3 Å². The fraction of sp³-hybridized carbons (Fsp3) is 0.182. The molecule has 0 fully saturated rings. The van der Waals surface area contributed by atoms with Crippen LogP contribution < -0.4 is 5.32 Å². The number of hydrogen-bond donors (Lipinski definition) is 1. The predicted octanol–water partition coefficient (Wildman–Crippen LogP) is 4.58. The molecule has 25 heavy (non-hydrogen) atoms. The lowest BCUT2D eigenvalue weighted by Gasteiger charge is -2.19. The van der Waals surface area contributed by atoms with Crippen molar-refractivity contribution < 1.29 is 4.79 Å². The molecule has 3 nitrogen and oxygen atoms in total. The molecule has 1 N–H and O–H groups in total. The zero-order chi connectivity index (χ0) is 17.3. The van der Waals surface area contributed by atoms with Gasteiger partial charge in [-0.2, -0.15) is 0 Å². The molecular formula is C22H22N2O. The normalized spacial score (nSPS) is 11.7. The number of nitrogens with one attached hydrogen (secondary N) is 1.